The zero-order valence-electron chi connectivity index (χ0n) is 24.0. The molecular formula is C34H37N4O3P. The summed E-state index contributed by atoms with van der Waals surface area (Å²) >= 11 is 0. The van der Waals surface area contributed by atoms with Crippen molar-refractivity contribution in [1.29, 1.82) is 5.26 Å². The molecule has 3 aromatic carbocycles. The first-order chi connectivity index (χ1) is 20.4. The minimum atomic E-state index is -0.0821. The second kappa shape index (κ2) is 12.6. The van der Waals surface area contributed by atoms with Crippen LogP contribution in [-0.4, -0.2) is 61.1 Å². The fourth-order valence-corrected chi connectivity index (χ4v) is 6.25. The summed E-state index contributed by atoms with van der Waals surface area (Å²) in [5.41, 5.74) is 3.84. The second-order valence-electron chi connectivity index (χ2n) is 11.4. The van der Waals surface area contributed by atoms with Crippen molar-refractivity contribution in [2.45, 2.75) is 44.4 Å². The molecule has 0 radical (unpaired) electrons. The van der Waals surface area contributed by atoms with Crippen LogP contribution in [0.25, 0.3) is 11.0 Å². The van der Waals surface area contributed by atoms with Gasteiger partial charge in [0.05, 0.1) is 11.6 Å². The van der Waals surface area contributed by atoms with Gasteiger partial charge in [-0.2, -0.15) is 5.26 Å². The molecule has 2 saturated heterocycles. The van der Waals surface area contributed by atoms with E-state index in [4.69, 9.17) is 14.4 Å². The summed E-state index contributed by atoms with van der Waals surface area (Å²) in [6.45, 7) is 4.63. The summed E-state index contributed by atoms with van der Waals surface area (Å²) in [6.07, 6.45) is 3.93. The molecule has 1 unspecified atom stereocenters. The van der Waals surface area contributed by atoms with E-state index in [0.29, 0.717) is 16.9 Å². The highest BCUT2D eigenvalue weighted by Crippen LogP contribution is 2.29. The first kappa shape index (κ1) is 28.3. The Hall–Kier alpha value is -3.85. The molecule has 42 heavy (non-hydrogen) atoms. The molecule has 7 nitrogen and oxygen atoms in total. The zero-order chi connectivity index (χ0) is 29.1. The van der Waals surface area contributed by atoms with Gasteiger partial charge < -0.3 is 19.0 Å². The number of nitrogens with zero attached hydrogens (tertiary/aromatic N) is 4. The van der Waals surface area contributed by atoms with Crippen molar-refractivity contribution in [3.05, 3.63) is 89.7 Å². The van der Waals surface area contributed by atoms with E-state index in [1.165, 1.54) is 16.6 Å². The smallest absolute Gasteiger partial charge is 0.289 e. The number of benzene rings is 3. The van der Waals surface area contributed by atoms with Gasteiger partial charge in [0.2, 0.25) is 0 Å². The van der Waals surface area contributed by atoms with Crippen molar-refractivity contribution in [1.82, 2.24) is 9.80 Å². The van der Waals surface area contributed by atoms with E-state index in [2.05, 4.69) is 49.4 Å². The number of nitriles is 1. The van der Waals surface area contributed by atoms with Crippen molar-refractivity contribution in [3.8, 4) is 11.8 Å². The number of ether oxygens (including phenoxy) is 1. The average molecular weight is 581 g/mol. The number of amides is 1. The third kappa shape index (κ3) is 6.46. The lowest BCUT2D eigenvalue weighted by Gasteiger charge is -2.36. The number of likely N-dealkylation sites (tertiary alicyclic amines) is 1. The summed E-state index contributed by atoms with van der Waals surface area (Å²) in [5, 5.41) is 11.1. The minimum Gasteiger partial charge on any atom is -0.490 e. The average Bonchev–Trinajstić information content (AvgIpc) is 3.45. The number of rotatable bonds is 7. The number of carbonyl (C=O) groups excluding carboxylic acids is 1. The van der Waals surface area contributed by atoms with Gasteiger partial charge in [-0.3, -0.25) is 9.69 Å². The van der Waals surface area contributed by atoms with Crippen molar-refractivity contribution >= 4 is 37.1 Å². The molecule has 2 fully saturated rings. The van der Waals surface area contributed by atoms with Gasteiger partial charge in [-0.1, -0.05) is 24.3 Å². The lowest BCUT2D eigenvalue weighted by molar-refractivity contribution is 0.0608. The standard InChI is InChI=1S/C34H37N4O3P/c1-36(27-12-16-37(17-13-27)23-25-4-2-24(22-35)3-5-25)34(39)33-21-26-20-30(8-11-32(26)41-33)40-29-14-18-38(19-15-29)28-6-9-31(42)10-7-28/h2-11,20-21,27,29H,12-19,23,42H2,1H3. The lowest BCUT2D eigenvalue weighted by Crippen LogP contribution is -2.45. The molecule has 0 bridgehead atoms. The van der Waals surface area contributed by atoms with E-state index in [1.54, 1.807) is 0 Å². The molecule has 216 valence electrons. The molecule has 0 aliphatic carbocycles. The van der Waals surface area contributed by atoms with Gasteiger partial charge in [0.25, 0.3) is 5.91 Å². The highest BCUT2D eigenvalue weighted by Gasteiger charge is 2.28. The fourth-order valence-electron chi connectivity index (χ4n) is 6.06. The monoisotopic (exact) mass is 580 g/mol. The Balaban J connectivity index is 1.01. The molecule has 6 rings (SSSR count). The Labute approximate surface area is 249 Å². The van der Waals surface area contributed by atoms with Crippen LogP contribution in [0.5, 0.6) is 5.75 Å². The minimum absolute atomic E-state index is 0.0821. The first-order valence-electron chi connectivity index (χ1n) is 14.7. The third-order valence-corrected chi connectivity index (χ3v) is 9.00. The van der Waals surface area contributed by atoms with Crippen LogP contribution in [0.4, 0.5) is 5.69 Å². The number of hydrogen-bond acceptors (Lipinski definition) is 6. The van der Waals surface area contributed by atoms with E-state index >= 15 is 0 Å². The van der Waals surface area contributed by atoms with Crippen LogP contribution in [0.1, 0.15) is 47.4 Å². The van der Waals surface area contributed by atoms with Crippen molar-refractivity contribution in [3.63, 3.8) is 0 Å². The largest absolute Gasteiger partial charge is 0.490 e. The summed E-state index contributed by atoms with van der Waals surface area (Å²) < 4.78 is 12.3. The third-order valence-electron chi connectivity index (χ3n) is 8.62. The predicted molar refractivity (Wildman–Crippen MR) is 169 cm³/mol. The molecular weight excluding hydrogens is 543 g/mol. The highest BCUT2D eigenvalue weighted by molar-refractivity contribution is 7.27. The molecule has 1 amide bonds. The molecule has 0 saturated carbocycles. The van der Waals surface area contributed by atoms with Gasteiger partial charge in [0, 0.05) is 69.7 Å². The molecule has 8 heteroatoms. The molecule has 0 spiro atoms. The molecule has 1 aromatic heterocycles. The molecule has 4 aromatic rings. The van der Waals surface area contributed by atoms with Gasteiger partial charge in [-0.05, 0) is 72.2 Å². The van der Waals surface area contributed by atoms with Crippen molar-refractivity contribution in [2.24, 2.45) is 0 Å². The topological polar surface area (TPSA) is 73.0 Å². The zero-order valence-corrected chi connectivity index (χ0v) is 25.2. The molecule has 0 N–H and O–H groups in total. The quantitative estimate of drug-likeness (QED) is 0.266. The predicted octanol–water partition coefficient (Wildman–Crippen LogP) is 5.59. The molecule has 1 atom stereocenters. The Bertz CT molecular complexity index is 1560. The Morgan fingerprint density at radius 3 is 2.38 bits per heavy atom. The second-order valence-corrected chi connectivity index (χ2v) is 12.1. The van der Waals surface area contributed by atoms with E-state index in [-0.39, 0.29) is 18.1 Å². The summed E-state index contributed by atoms with van der Waals surface area (Å²) in [7, 11) is 4.62. The van der Waals surface area contributed by atoms with E-state index in [0.717, 1.165) is 69.5 Å². The van der Waals surface area contributed by atoms with Crippen LogP contribution in [0.3, 0.4) is 0 Å². The van der Waals surface area contributed by atoms with E-state index in [1.807, 2.05) is 60.5 Å². The van der Waals surface area contributed by atoms with Crippen LogP contribution in [0, 0.1) is 11.3 Å². The molecule has 2 aliphatic heterocycles. The van der Waals surface area contributed by atoms with Crippen LogP contribution in [-0.2, 0) is 6.54 Å². The number of carbonyl (C=O) groups is 1. The number of furan rings is 1. The van der Waals surface area contributed by atoms with E-state index < -0.39 is 0 Å². The Kier molecular flexibility index (Phi) is 8.46. The maximum absolute atomic E-state index is 13.4. The summed E-state index contributed by atoms with van der Waals surface area (Å²) in [5.74, 6) is 1.10. The van der Waals surface area contributed by atoms with Crippen LogP contribution in [0.15, 0.2) is 77.2 Å². The Morgan fingerprint density at radius 1 is 0.976 bits per heavy atom. The van der Waals surface area contributed by atoms with Gasteiger partial charge in [-0.15, -0.1) is 9.24 Å². The van der Waals surface area contributed by atoms with Gasteiger partial charge in [-0.25, -0.2) is 0 Å². The maximum Gasteiger partial charge on any atom is 0.289 e. The summed E-state index contributed by atoms with van der Waals surface area (Å²) in [4.78, 5) is 20.0. The number of piperidine rings is 2. The van der Waals surface area contributed by atoms with Crippen LogP contribution < -0.4 is 14.9 Å². The van der Waals surface area contributed by atoms with Crippen LogP contribution in [0.2, 0.25) is 0 Å². The molecule has 3 heterocycles. The highest BCUT2D eigenvalue weighted by atomic mass is 31.0. The summed E-state index contributed by atoms with van der Waals surface area (Å²) in [6, 6.07) is 26.4. The van der Waals surface area contributed by atoms with Gasteiger partial charge in [0.1, 0.15) is 17.4 Å². The van der Waals surface area contributed by atoms with Crippen LogP contribution >= 0.6 is 9.24 Å². The first-order valence-corrected chi connectivity index (χ1v) is 15.3. The van der Waals surface area contributed by atoms with Gasteiger partial charge >= 0.3 is 0 Å². The molecule has 2 aliphatic rings. The fraction of sp³-hybridized carbons (Fsp3) is 0.353. The van der Waals surface area contributed by atoms with Gasteiger partial charge in [0.15, 0.2) is 5.76 Å². The van der Waals surface area contributed by atoms with Crippen molar-refractivity contribution in [2.75, 3.05) is 38.1 Å². The SMILES string of the molecule is CN(C(=O)c1cc2cc(OC3CCN(c4ccc(P)cc4)CC3)ccc2o1)C1CCN(Cc2ccc(C#N)cc2)CC1. The Morgan fingerprint density at radius 2 is 1.69 bits per heavy atom. The lowest BCUT2D eigenvalue weighted by atomic mass is 10.0. The number of fused-ring (bicyclic) bond motifs is 1. The van der Waals surface area contributed by atoms with E-state index in [9.17, 15) is 4.79 Å². The number of hydrogen-bond donors (Lipinski definition) is 0. The maximum atomic E-state index is 13.4. The van der Waals surface area contributed by atoms with Crippen molar-refractivity contribution < 1.29 is 13.9 Å². The normalized spacial score (nSPS) is 16.8. The number of anilines is 1.